The molecule has 10 heavy (non-hydrogen) atoms. The van der Waals surface area contributed by atoms with Crippen LogP contribution in [0.2, 0.25) is 0 Å². The first-order valence-electron chi connectivity index (χ1n) is 3.35. The maximum absolute atomic E-state index is 4.05. The Kier molecular flexibility index (Phi) is 2.82. The first-order chi connectivity index (χ1) is 4.84. The van der Waals surface area contributed by atoms with Crippen molar-refractivity contribution < 1.29 is 0 Å². The van der Waals surface area contributed by atoms with Crippen molar-refractivity contribution in [2.24, 2.45) is 0 Å². The van der Waals surface area contributed by atoms with Crippen molar-refractivity contribution in [3.8, 4) is 0 Å². The molecule has 0 nitrogen and oxygen atoms in total. The first-order valence-corrected chi connectivity index (χ1v) is 3.86. The van der Waals surface area contributed by atoms with Gasteiger partial charge in [-0.3, -0.25) is 0 Å². The molecule has 0 aliphatic heterocycles. The maximum Gasteiger partial charge on any atom is 0.0177 e. The van der Waals surface area contributed by atoms with Crippen LogP contribution in [-0.2, 0) is 6.42 Å². The molecule has 0 aliphatic rings. The van der Waals surface area contributed by atoms with Crippen LogP contribution in [0.25, 0.3) is 0 Å². The van der Waals surface area contributed by atoms with Gasteiger partial charge in [-0.15, -0.1) is 0 Å². The predicted molar refractivity (Wildman–Crippen MR) is 48.2 cm³/mol. The van der Waals surface area contributed by atoms with Gasteiger partial charge in [-0.05, 0) is 24.5 Å². The van der Waals surface area contributed by atoms with E-state index in [4.69, 9.17) is 0 Å². The van der Waals surface area contributed by atoms with Gasteiger partial charge in [0.15, 0.2) is 0 Å². The molecule has 1 aromatic rings. The molecule has 0 unspecified atom stereocenters. The highest BCUT2D eigenvalue weighted by Crippen LogP contribution is 2.09. The quantitative estimate of drug-likeness (QED) is 0.617. The number of thiol groups is 1. The van der Waals surface area contributed by atoms with E-state index in [1.165, 1.54) is 11.1 Å². The Bertz CT molecular complexity index is 206. The summed E-state index contributed by atoms with van der Waals surface area (Å²) >= 11 is 4.05. The topological polar surface area (TPSA) is 0 Å². The van der Waals surface area contributed by atoms with Crippen molar-refractivity contribution in [3.05, 3.63) is 41.1 Å². The molecule has 0 heterocycles. The van der Waals surface area contributed by atoms with E-state index in [9.17, 15) is 0 Å². The third-order valence-corrected chi connectivity index (χ3v) is 1.76. The molecule has 0 saturated heterocycles. The summed E-state index contributed by atoms with van der Waals surface area (Å²) in [5.41, 5.74) is 2.70. The molecule has 1 aromatic carbocycles. The summed E-state index contributed by atoms with van der Waals surface area (Å²) in [6, 6.07) is 8.35. The highest BCUT2D eigenvalue weighted by molar-refractivity contribution is 7.82. The predicted octanol–water partition coefficient (Wildman–Crippen LogP) is 2.63. The zero-order valence-electron chi connectivity index (χ0n) is 6.04. The van der Waals surface area contributed by atoms with E-state index in [0.29, 0.717) is 0 Å². The number of aryl methyl sites for hydroxylation is 1. The van der Waals surface area contributed by atoms with Crippen molar-refractivity contribution in [3.63, 3.8) is 0 Å². The molecule has 53 valence electrons. The lowest BCUT2D eigenvalue weighted by molar-refractivity contribution is 1.20. The summed E-state index contributed by atoms with van der Waals surface area (Å²) in [5, 5.41) is 0. The van der Waals surface area contributed by atoms with Crippen LogP contribution >= 0.6 is 12.6 Å². The van der Waals surface area contributed by atoms with Gasteiger partial charge in [0, 0.05) is 5.75 Å². The monoisotopic (exact) mass is 151 g/mol. The van der Waals surface area contributed by atoms with Crippen LogP contribution in [0.4, 0.5) is 0 Å². The van der Waals surface area contributed by atoms with Crippen molar-refractivity contribution >= 4 is 12.6 Å². The van der Waals surface area contributed by atoms with Gasteiger partial charge < -0.3 is 0 Å². The Morgan fingerprint density at radius 3 is 2.70 bits per heavy atom. The fourth-order valence-corrected chi connectivity index (χ4v) is 1.13. The van der Waals surface area contributed by atoms with Gasteiger partial charge in [0.2, 0.25) is 0 Å². The van der Waals surface area contributed by atoms with Gasteiger partial charge >= 0.3 is 0 Å². The molecule has 0 N–H and O–H groups in total. The second-order valence-electron chi connectivity index (χ2n) is 2.31. The Balaban J connectivity index is 2.81. The van der Waals surface area contributed by atoms with Crippen molar-refractivity contribution in [2.45, 2.75) is 13.3 Å². The largest absolute Gasteiger partial charge is 0.174 e. The zero-order chi connectivity index (χ0) is 7.40. The molecule has 0 atom stereocenters. The molecule has 1 rings (SSSR count). The Morgan fingerprint density at radius 1 is 1.40 bits per heavy atom. The molecule has 1 radical (unpaired) electrons. The highest BCUT2D eigenvalue weighted by atomic mass is 32.1. The average Bonchev–Trinajstić information content (AvgIpc) is 1.94. The SMILES string of the molecule is Cc1ccccc1C[CH]S. The van der Waals surface area contributed by atoms with E-state index < -0.39 is 0 Å². The van der Waals surface area contributed by atoms with Crippen LogP contribution in [0.3, 0.4) is 0 Å². The van der Waals surface area contributed by atoms with Crippen LogP contribution in [0.1, 0.15) is 11.1 Å². The molecule has 0 amide bonds. The zero-order valence-corrected chi connectivity index (χ0v) is 6.94. The first kappa shape index (κ1) is 7.67. The molecular weight excluding hydrogens is 140 g/mol. The van der Waals surface area contributed by atoms with E-state index in [0.717, 1.165) is 6.42 Å². The van der Waals surface area contributed by atoms with Gasteiger partial charge in [0.1, 0.15) is 0 Å². The summed E-state index contributed by atoms with van der Waals surface area (Å²) < 4.78 is 0. The third kappa shape index (κ3) is 1.77. The normalized spacial score (nSPS) is 9.80. The molecule has 0 saturated carbocycles. The van der Waals surface area contributed by atoms with Crippen LogP contribution in [0.5, 0.6) is 0 Å². The van der Waals surface area contributed by atoms with Gasteiger partial charge in [-0.1, -0.05) is 24.3 Å². The van der Waals surface area contributed by atoms with E-state index in [-0.39, 0.29) is 0 Å². The summed E-state index contributed by atoms with van der Waals surface area (Å²) in [6.45, 7) is 2.12. The second kappa shape index (κ2) is 3.67. The van der Waals surface area contributed by atoms with Crippen LogP contribution < -0.4 is 0 Å². The summed E-state index contributed by atoms with van der Waals surface area (Å²) in [4.78, 5) is 0. The number of rotatable bonds is 2. The molecule has 1 heteroatoms. The Hall–Kier alpha value is -0.430. The minimum Gasteiger partial charge on any atom is -0.174 e. The minimum atomic E-state index is 0.954. The smallest absolute Gasteiger partial charge is 0.0177 e. The number of hydrogen-bond acceptors (Lipinski definition) is 1. The van der Waals surface area contributed by atoms with Crippen molar-refractivity contribution in [2.75, 3.05) is 0 Å². The molecule has 0 fully saturated rings. The Labute approximate surface area is 67.7 Å². The highest BCUT2D eigenvalue weighted by Gasteiger charge is 1.92. The lowest BCUT2D eigenvalue weighted by atomic mass is 10.1. The van der Waals surface area contributed by atoms with Gasteiger partial charge in [-0.2, -0.15) is 12.6 Å². The summed E-state index contributed by atoms with van der Waals surface area (Å²) in [7, 11) is 0. The van der Waals surface area contributed by atoms with Gasteiger partial charge in [0.05, 0.1) is 0 Å². The van der Waals surface area contributed by atoms with Gasteiger partial charge in [0.25, 0.3) is 0 Å². The van der Waals surface area contributed by atoms with Gasteiger partial charge in [-0.25, -0.2) is 0 Å². The van der Waals surface area contributed by atoms with Crippen LogP contribution in [0.15, 0.2) is 24.3 Å². The van der Waals surface area contributed by atoms with Crippen molar-refractivity contribution in [1.82, 2.24) is 0 Å². The van der Waals surface area contributed by atoms with Crippen LogP contribution in [0, 0.1) is 12.7 Å². The van der Waals surface area contributed by atoms with E-state index in [2.05, 4.69) is 43.8 Å². The average molecular weight is 151 g/mol. The standard InChI is InChI=1S/C9H11S/c1-8-4-2-3-5-9(8)6-7-10/h2-5,7,10H,6H2,1H3. The summed E-state index contributed by atoms with van der Waals surface area (Å²) in [5.74, 6) is 1.88. The summed E-state index contributed by atoms with van der Waals surface area (Å²) in [6.07, 6.45) is 0.954. The Morgan fingerprint density at radius 2 is 2.10 bits per heavy atom. The number of benzene rings is 1. The van der Waals surface area contributed by atoms with E-state index >= 15 is 0 Å². The maximum atomic E-state index is 4.05. The minimum absolute atomic E-state index is 0.954. The third-order valence-electron chi connectivity index (χ3n) is 1.57. The van der Waals surface area contributed by atoms with Crippen molar-refractivity contribution in [1.29, 1.82) is 0 Å². The molecular formula is C9H11S. The lowest BCUT2D eigenvalue weighted by Gasteiger charge is -2.00. The number of hydrogen-bond donors (Lipinski definition) is 1. The molecule has 0 spiro atoms. The van der Waals surface area contributed by atoms with Crippen LogP contribution in [-0.4, -0.2) is 0 Å². The fourth-order valence-electron chi connectivity index (χ4n) is 0.937. The second-order valence-corrected chi connectivity index (χ2v) is 2.68. The lowest BCUT2D eigenvalue weighted by Crippen LogP contribution is -1.85. The van der Waals surface area contributed by atoms with E-state index in [1.807, 2.05) is 5.75 Å². The molecule has 0 aliphatic carbocycles. The fraction of sp³-hybridized carbons (Fsp3) is 0.222. The molecule has 0 aromatic heterocycles. The molecule has 0 bridgehead atoms. The van der Waals surface area contributed by atoms with E-state index in [1.54, 1.807) is 0 Å².